The Bertz CT molecular complexity index is 805. The van der Waals surface area contributed by atoms with Crippen molar-refractivity contribution in [3.8, 4) is 0 Å². The number of carbonyl (C=O) groups is 2. The van der Waals surface area contributed by atoms with Crippen molar-refractivity contribution in [1.82, 2.24) is 0 Å². The maximum atomic E-state index is 16.9. The molecule has 0 heterocycles. The molecular formula is C22H29FO5. The third-order valence-electron chi connectivity index (χ3n) is 8.79. The molecule has 0 bridgehead atoms. The number of halogens is 1. The minimum atomic E-state index is -1.98. The smallest absolute Gasteiger partial charge is 0.190 e. The Morgan fingerprint density at radius 2 is 2.00 bits per heavy atom. The van der Waals surface area contributed by atoms with Crippen molar-refractivity contribution in [2.45, 2.75) is 63.8 Å². The first-order chi connectivity index (χ1) is 13.0. The molecule has 6 heteroatoms. The Morgan fingerprint density at radius 1 is 1.32 bits per heavy atom. The van der Waals surface area contributed by atoms with Gasteiger partial charge >= 0.3 is 0 Å². The van der Waals surface area contributed by atoms with Crippen molar-refractivity contribution < 1.29 is 29.3 Å². The summed E-state index contributed by atoms with van der Waals surface area (Å²) in [5.74, 6) is -2.12. The Hall–Kier alpha value is -1.37. The predicted octanol–water partition coefficient (Wildman–Crippen LogP) is 1.90. The molecule has 1 unspecified atom stereocenters. The second kappa shape index (κ2) is 5.83. The fraction of sp³-hybridized carbons (Fsp3) is 0.727. The second-order valence-electron chi connectivity index (χ2n) is 9.75. The highest BCUT2D eigenvalue weighted by Crippen LogP contribution is 2.70. The van der Waals surface area contributed by atoms with Crippen molar-refractivity contribution in [2.24, 2.45) is 28.6 Å². The van der Waals surface area contributed by atoms with Crippen LogP contribution >= 0.6 is 0 Å². The minimum absolute atomic E-state index is 0.0676. The van der Waals surface area contributed by atoms with Gasteiger partial charge < -0.3 is 15.3 Å². The molecule has 3 fully saturated rings. The van der Waals surface area contributed by atoms with Gasteiger partial charge in [0.15, 0.2) is 17.2 Å². The summed E-state index contributed by atoms with van der Waals surface area (Å²) in [6.07, 6.45) is 4.44. The van der Waals surface area contributed by atoms with E-state index in [2.05, 4.69) is 0 Å². The first kappa shape index (κ1) is 19.9. The van der Waals surface area contributed by atoms with Gasteiger partial charge in [0.1, 0.15) is 12.2 Å². The minimum Gasteiger partial charge on any atom is -0.390 e. The summed E-state index contributed by atoms with van der Waals surface area (Å²) in [7, 11) is 0. The van der Waals surface area contributed by atoms with Crippen LogP contribution < -0.4 is 0 Å². The maximum Gasteiger partial charge on any atom is 0.190 e. The summed E-state index contributed by atoms with van der Waals surface area (Å²) >= 11 is 0. The number of allylic oxidation sites excluding steroid dienone is 4. The number of alkyl halides is 1. The number of rotatable bonds is 2. The highest BCUT2D eigenvalue weighted by Gasteiger charge is 2.75. The zero-order valence-corrected chi connectivity index (χ0v) is 16.6. The Labute approximate surface area is 164 Å². The number of Topliss-reactive ketones (excluding diaryl/α,β-unsaturated/α-hetero) is 1. The molecule has 4 aliphatic carbocycles. The standard InChI is InChI=1S/C22H29FO5/c1-12-8-16-15-5-4-13-9-14(25)6-7-19(13,2)21(15,23)17(26)10-20(16,3)22(12,28)18(27)11-24/h6-7,9,12,15-17,24,26,28H,4-5,8,10-11H2,1-3H3/t12-,15-,16-,17-,19?,20-,21-,22-/m0/s1. The number of hydrogen-bond acceptors (Lipinski definition) is 5. The van der Waals surface area contributed by atoms with E-state index < -0.39 is 52.4 Å². The molecule has 0 aromatic carbocycles. The van der Waals surface area contributed by atoms with Gasteiger partial charge in [0.2, 0.25) is 0 Å². The van der Waals surface area contributed by atoms with Gasteiger partial charge in [-0.2, -0.15) is 0 Å². The number of carbonyl (C=O) groups excluding carboxylic acids is 2. The summed E-state index contributed by atoms with van der Waals surface area (Å²) in [6.45, 7) is 4.48. The zero-order valence-electron chi connectivity index (χ0n) is 16.6. The van der Waals surface area contributed by atoms with Gasteiger partial charge in [0.05, 0.1) is 6.10 Å². The van der Waals surface area contributed by atoms with Crippen LogP contribution in [-0.2, 0) is 9.59 Å². The van der Waals surface area contributed by atoms with Crippen LogP contribution in [0.4, 0.5) is 4.39 Å². The lowest BCUT2D eigenvalue weighted by atomic mass is 9.44. The van der Waals surface area contributed by atoms with Crippen molar-refractivity contribution in [1.29, 1.82) is 0 Å². The highest BCUT2D eigenvalue weighted by molar-refractivity contribution is 6.01. The van der Waals surface area contributed by atoms with E-state index in [0.717, 1.165) is 0 Å². The molecule has 3 N–H and O–H groups in total. The van der Waals surface area contributed by atoms with Crippen LogP contribution in [0.15, 0.2) is 23.8 Å². The van der Waals surface area contributed by atoms with Gasteiger partial charge in [-0.25, -0.2) is 4.39 Å². The van der Waals surface area contributed by atoms with E-state index in [0.29, 0.717) is 24.8 Å². The average molecular weight is 392 g/mol. The van der Waals surface area contributed by atoms with Crippen LogP contribution in [0.2, 0.25) is 0 Å². The van der Waals surface area contributed by atoms with Crippen LogP contribution in [0.5, 0.6) is 0 Å². The number of aliphatic hydroxyl groups is 3. The molecule has 5 nitrogen and oxygen atoms in total. The molecule has 3 saturated carbocycles. The van der Waals surface area contributed by atoms with E-state index in [-0.39, 0.29) is 18.1 Å². The van der Waals surface area contributed by atoms with Crippen molar-refractivity contribution in [3.05, 3.63) is 23.8 Å². The van der Waals surface area contributed by atoms with Crippen LogP contribution in [0.1, 0.15) is 46.5 Å². The monoisotopic (exact) mass is 392 g/mol. The van der Waals surface area contributed by atoms with Gasteiger partial charge in [0, 0.05) is 16.7 Å². The fourth-order valence-electron chi connectivity index (χ4n) is 7.26. The molecule has 28 heavy (non-hydrogen) atoms. The molecule has 0 amide bonds. The molecule has 4 rings (SSSR count). The fourth-order valence-corrected chi connectivity index (χ4v) is 7.26. The van der Waals surface area contributed by atoms with Gasteiger partial charge in [-0.05, 0) is 56.6 Å². The first-order valence-electron chi connectivity index (χ1n) is 10.1. The lowest BCUT2D eigenvalue weighted by Gasteiger charge is -2.62. The maximum absolute atomic E-state index is 16.9. The quantitative estimate of drug-likeness (QED) is 0.667. The second-order valence-corrected chi connectivity index (χ2v) is 9.75. The molecule has 0 aromatic rings. The topological polar surface area (TPSA) is 94.8 Å². The van der Waals surface area contributed by atoms with Crippen molar-refractivity contribution >= 4 is 11.6 Å². The summed E-state index contributed by atoms with van der Waals surface area (Å²) in [5, 5.41) is 32.0. The predicted molar refractivity (Wildman–Crippen MR) is 99.9 cm³/mol. The van der Waals surface area contributed by atoms with E-state index in [1.807, 2.05) is 0 Å². The largest absolute Gasteiger partial charge is 0.390 e. The van der Waals surface area contributed by atoms with E-state index in [1.54, 1.807) is 26.8 Å². The first-order valence-corrected chi connectivity index (χ1v) is 10.1. The summed E-state index contributed by atoms with van der Waals surface area (Å²) in [4.78, 5) is 24.4. The highest BCUT2D eigenvalue weighted by atomic mass is 19.1. The average Bonchev–Trinajstić information content (AvgIpc) is 2.84. The SMILES string of the molecule is C[C@H]1C[C@H]2[C@@H]3CCC4=CC(=O)C=CC4(C)[C@@]3(F)[C@@H](O)C[C@]2(C)[C@@]1(O)C(=O)CO. The van der Waals surface area contributed by atoms with E-state index in [1.165, 1.54) is 12.2 Å². The summed E-state index contributed by atoms with van der Waals surface area (Å²) in [5.41, 5.74) is -5.17. The van der Waals surface area contributed by atoms with Crippen molar-refractivity contribution in [2.75, 3.05) is 6.61 Å². The van der Waals surface area contributed by atoms with E-state index in [4.69, 9.17) is 0 Å². The zero-order chi connectivity index (χ0) is 20.7. The molecule has 4 aliphatic rings. The van der Waals surface area contributed by atoms with Crippen LogP contribution in [0, 0.1) is 28.6 Å². The summed E-state index contributed by atoms with van der Waals surface area (Å²) in [6, 6.07) is 0. The molecule has 0 saturated heterocycles. The lowest BCUT2D eigenvalue weighted by molar-refractivity contribution is -0.219. The van der Waals surface area contributed by atoms with E-state index >= 15 is 4.39 Å². The molecular weight excluding hydrogens is 363 g/mol. The van der Waals surface area contributed by atoms with Crippen LogP contribution in [0.25, 0.3) is 0 Å². The van der Waals surface area contributed by atoms with Crippen LogP contribution in [0.3, 0.4) is 0 Å². The number of ketones is 2. The van der Waals surface area contributed by atoms with Gasteiger partial charge in [-0.1, -0.05) is 25.5 Å². The van der Waals surface area contributed by atoms with Crippen molar-refractivity contribution in [3.63, 3.8) is 0 Å². The number of aliphatic hydroxyl groups excluding tert-OH is 2. The molecule has 0 radical (unpaired) electrons. The molecule has 0 spiro atoms. The number of fused-ring (bicyclic) bond motifs is 5. The van der Waals surface area contributed by atoms with Gasteiger partial charge in [-0.15, -0.1) is 0 Å². The Morgan fingerprint density at radius 3 is 2.64 bits per heavy atom. The van der Waals surface area contributed by atoms with E-state index in [9.17, 15) is 24.9 Å². The number of hydrogen-bond donors (Lipinski definition) is 3. The molecule has 8 atom stereocenters. The van der Waals surface area contributed by atoms with Gasteiger partial charge in [-0.3, -0.25) is 9.59 Å². The summed E-state index contributed by atoms with van der Waals surface area (Å²) < 4.78 is 16.9. The van der Waals surface area contributed by atoms with Gasteiger partial charge in [0.25, 0.3) is 0 Å². The normalized spacial score (nSPS) is 52.5. The molecule has 0 aromatic heterocycles. The molecule has 154 valence electrons. The third-order valence-corrected chi connectivity index (χ3v) is 8.79. The third kappa shape index (κ3) is 2.01. The Kier molecular flexibility index (Phi) is 4.15. The Balaban J connectivity index is 1.84. The lowest BCUT2D eigenvalue weighted by Crippen LogP contribution is -2.69. The molecule has 0 aliphatic heterocycles. The van der Waals surface area contributed by atoms with Crippen LogP contribution in [-0.4, -0.2) is 50.9 Å².